The molecule has 2 N–H and O–H groups in total. The highest BCUT2D eigenvalue weighted by molar-refractivity contribution is 5.96. The quantitative estimate of drug-likeness (QED) is 0.405. The third kappa shape index (κ3) is 3.66. The van der Waals surface area contributed by atoms with Gasteiger partial charge in [0, 0.05) is 25.0 Å². The average molecular weight is 497 g/mol. The summed E-state index contributed by atoms with van der Waals surface area (Å²) in [6.45, 7) is 2.61. The van der Waals surface area contributed by atoms with Gasteiger partial charge in [0.25, 0.3) is 11.5 Å². The molecule has 0 spiro atoms. The number of benzene rings is 1. The van der Waals surface area contributed by atoms with Crippen molar-refractivity contribution in [3.8, 4) is 11.6 Å². The van der Waals surface area contributed by atoms with E-state index in [1.54, 1.807) is 32.6 Å². The van der Waals surface area contributed by atoms with Crippen molar-refractivity contribution < 1.29 is 9.53 Å². The summed E-state index contributed by atoms with van der Waals surface area (Å²) in [7, 11) is 0. The molecule has 0 unspecified atom stereocenters. The minimum absolute atomic E-state index is 0.0179. The number of allylic oxidation sites excluding steroid dienone is 1. The van der Waals surface area contributed by atoms with E-state index >= 15 is 0 Å². The molecule has 1 amide bonds. The molecule has 7 rings (SSSR count). The summed E-state index contributed by atoms with van der Waals surface area (Å²) in [5.41, 5.74) is 3.68. The van der Waals surface area contributed by atoms with Gasteiger partial charge in [0.15, 0.2) is 29.6 Å². The van der Waals surface area contributed by atoms with E-state index in [0.29, 0.717) is 53.9 Å². The molecule has 37 heavy (non-hydrogen) atoms. The van der Waals surface area contributed by atoms with Crippen molar-refractivity contribution in [3.63, 3.8) is 0 Å². The maximum atomic E-state index is 13.4. The van der Waals surface area contributed by atoms with Crippen LogP contribution in [0.5, 0.6) is 5.75 Å². The van der Waals surface area contributed by atoms with Gasteiger partial charge in [-0.2, -0.15) is 4.98 Å². The molecule has 0 aliphatic carbocycles. The lowest BCUT2D eigenvalue weighted by Gasteiger charge is -2.28. The second-order valence-electron chi connectivity index (χ2n) is 9.25. The van der Waals surface area contributed by atoms with Crippen LogP contribution in [0.3, 0.4) is 0 Å². The number of rotatable bonds is 2. The molecule has 3 aliphatic heterocycles. The second-order valence-corrected chi connectivity index (χ2v) is 9.25. The Morgan fingerprint density at radius 2 is 2.00 bits per heavy atom. The molecule has 0 saturated heterocycles. The Labute approximate surface area is 211 Å². The van der Waals surface area contributed by atoms with Crippen LogP contribution in [0.1, 0.15) is 17.5 Å². The molecular weight excluding hydrogens is 472 g/mol. The van der Waals surface area contributed by atoms with Gasteiger partial charge in [-0.3, -0.25) is 14.5 Å². The fraction of sp³-hybridized carbons (Fsp3) is 0.269. The smallest absolute Gasteiger partial charge is 0.278 e. The SMILES string of the molecule is O=C1COc2ccc3nc2N1CC/C=C/Cn1c(=O)c2cnc(Nc4ccc5c(c4)CNCC5)nc2n1-3. The Balaban J connectivity index is 1.36. The first-order valence-corrected chi connectivity index (χ1v) is 12.3. The molecule has 186 valence electrons. The first-order chi connectivity index (χ1) is 18.2. The molecule has 0 fully saturated rings. The molecule has 11 nitrogen and oxygen atoms in total. The van der Waals surface area contributed by atoms with Gasteiger partial charge in [-0.15, -0.1) is 0 Å². The maximum Gasteiger partial charge on any atom is 0.278 e. The Hall–Kier alpha value is -4.51. The zero-order chi connectivity index (χ0) is 24.9. The Morgan fingerprint density at radius 1 is 1.05 bits per heavy atom. The van der Waals surface area contributed by atoms with Crippen molar-refractivity contribution in [1.82, 2.24) is 29.6 Å². The van der Waals surface area contributed by atoms with Crippen molar-refractivity contribution in [2.24, 2.45) is 0 Å². The van der Waals surface area contributed by atoms with E-state index in [1.807, 2.05) is 18.2 Å². The zero-order valence-corrected chi connectivity index (χ0v) is 20.0. The van der Waals surface area contributed by atoms with Gasteiger partial charge >= 0.3 is 0 Å². The highest BCUT2D eigenvalue weighted by atomic mass is 16.5. The lowest BCUT2D eigenvalue weighted by atomic mass is 10.0. The van der Waals surface area contributed by atoms with Crippen molar-refractivity contribution in [1.29, 1.82) is 0 Å². The summed E-state index contributed by atoms with van der Waals surface area (Å²) in [6.07, 6.45) is 7.08. The van der Waals surface area contributed by atoms with Crippen LogP contribution in [0.15, 0.2) is 53.5 Å². The molecule has 3 aliphatic rings. The predicted molar refractivity (Wildman–Crippen MR) is 138 cm³/mol. The summed E-state index contributed by atoms with van der Waals surface area (Å²) in [4.78, 5) is 41.5. The zero-order valence-electron chi connectivity index (χ0n) is 20.0. The van der Waals surface area contributed by atoms with E-state index in [2.05, 4.69) is 27.8 Å². The number of carbonyl (C=O) groups is 1. The molecule has 11 heteroatoms. The lowest BCUT2D eigenvalue weighted by molar-refractivity contribution is -0.121. The van der Waals surface area contributed by atoms with Crippen molar-refractivity contribution in [3.05, 3.63) is 70.2 Å². The number of pyridine rings is 1. The summed E-state index contributed by atoms with van der Waals surface area (Å²) in [5.74, 6) is 1.68. The van der Waals surface area contributed by atoms with Crippen LogP contribution in [0, 0.1) is 0 Å². The molecule has 3 aromatic heterocycles. The van der Waals surface area contributed by atoms with Crippen LogP contribution >= 0.6 is 0 Å². The van der Waals surface area contributed by atoms with Gasteiger partial charge in [0.1, 0.15) is 5.39 Å². The average Bonchev–Trinajstić information content (AvgIpc) is 3.18. The fourth-order valence-electron chi connectivity index (χ4n) is 5.09. The minimum Gasteiger partial charge on any atom is -0.480 e. The normalized spacial score (nSPS) is 17.4. The largest absolute Gasteiger partial charge is 0.480 e. The van der Waals surface area contributed by atoms with E-state index < -0.39 is 0 Å². The van der Waals surface area contributed by atoms with E-state index in [1.165, 1.54) is 11.1 Å². The van der Waals surface area contributed by atoms with E-state index in [9.17, 15) is 9.59 Å². The number of fused-ring (bicyclic) bond motifs is 6. The van der Waals surface area contributed by atoms with Crippen LogP contribution in [-0.4, -0.2) is 49.9 Å². The standard InChI is InChI=1S/C26H24N8O3/c35-22-15-37-20-6-7-21-30-24(20)32(22)10-2-1-3-11-33-25(36)19-14-28-26(31-23(19)34(21)33)29-18-5-4-16-8-9-27-13-17(16)12-18/h1,3-7,12,14,27H,2,8-11,13,15H2,(H,28,29,31)/b3-1+. The van der Waals surface area contributed by atoms with E-state index in [-0.39, 0.29) is 18.1 Å². The number of nitrogens with zero attached hydrogens (tertiary/aromatic N) is 6. The summed E-state index contributed by atoms with van der Waals surface area (Å²) in [5, 5.41) is 7.07. The first kappa shape index (κ1) is 21.7. The van der Waals surface area contributed by atoms with Crippen LogP contribution in [0.2, 0.25) is 0 Å². The third-order valence-corrected chi connectivity index (χ3v) is 6.94. The summed E-state index contributed by atoms with van der Waals surface area (Å²) >= 11 is 0. The van der Waals surface area contributed by atoms with Gasteiger partial charge in [-0.05, 0) is 54.8 Å². The maximum absolute atomic E-state index is 13.4. The molecule has 0 radical (unpaired) electrons. The second kappa shape index (κ2) is 8.56. The monoisotopic (exact) mass is 496 g/mol. The lowest BCUT2D eigenvalue weighted by Crippen LogP contribution is -2.40. The number of hydrogen-bond acceptors (Lipinski definition) is 8. The van der Waals surface area contributed by atoms with Crippen molar-refractivity contribution in [2.45, 2.75) is 25.9 Å². The highest BCUT2D eigenvalue weighted by Crippen LogP contribution is 2.32. The van der Waals surface area contributed by atoms with Gasteiger partial charge in [-0.1, -0.05) is 18.2 Å². The van der Waals surface area contributed by atoms with Gasteiger partial charge in [0.2, 0.25) is 5.95 Å². The van der Waals surface area contributed by atoms with E-state index in [0.717, 1.165) is 25.2 Å². The van der Waals surface area contributed by atoms with Gasteiger partial charge in [-0.25, -0.2) is 19.3 Å². The molecule has 0 saturated carbocycles. The number of aromatic nitrogens is 5. The van der Waals surface area contributed by atoms with Crippen molar-refractivity contribution >= 4 is 34.4 Å². The number of carbonyl (C=O) groups excluding carboxylic acids is 1. The predicted octanol–water partition coefficient (Wildman–Crippen LogP) is 2.05. The number of amides is 1. The number of hydrogen-bond donors (Lipinski definition) is 2. The molecule has 6 heterocycles. The van der Waals surface area contributed by atoms with Gasteiger partial charge in [0.05, 0.1) is 6.54 Å². The van der Waals surface area contributed by atoms with E-state index in [4.69, 9.17) is 14.7 Å². The molecule has 4 aromatic rings. The van der Waals surface area contributed by atoms with Crippen molar-refractivity contribution in [2.75, 3.05) is 29.9 Å². The molecule has 2 bridgehead atoms. The topological polar surface area (TPSA) is 119 Å². The third-order valence-electron chi connectivity index (χ3n) is 6.94. The fourth-order valence-corrected chi connectivity index (χ4v) is 5.09. The van der Waals surface area contributed by atoms with Crippen LogP contribution in [-0.2, 0) is 24.3 Å². The summed E-state index contributed by atoms with van der Waals surface area (Å²) in [6, 6.07) is 9.81. The Kier molecular flexibility index (Phi) is 5.03. The minimum atomic E-state index is -0.214. The molecular formula is C26H24N8O3. The number of nitrogens with one attached hydrogen (secondary N) is 2. The first-order valence-electron chi connectivity index (χ1n) is 12.3. The number of anilines is 3. The highest BCUT2D eigenvalue weighted by Gasteiger charge is 2.28. The Bertz CT molecular complexity index is 1650. The summed E-state index contributed by atoms with van der Waals surface area (Å²) < 4.78 is 8.88. The molecule has 1 aromatic carbocycles. The van der Waals surface area contributed by atoms with Crippen LogP contribution in [0.4, 0.5) is 17.5 Å². The Morgan fingerprint density at radius 3 is 2.95 bits per heavy atom. The van der Waals surface area contributed by atoms with Crippen LogP contribution in [0.25, 0.3) is 16.9 Å². The molecule has 0 atom stereocenters. The number of ether oxygens (including phenoxy) is 1. The van der Waals surface area contributed by atoms with Gasteiger partial charge < -0.3 is 15.4 Å². The van der Waals surface area contributed by atoms with Crippen LogP contribution < -0.4 is 25.8 Å².